The zero-order chi connectivity index (χ0) is 17.2. The van der Waals surface area contributed by atoms with Crippen LogP contribution in [-0.4, -0.2) is 19.8 Å². The van der Waals surface area contributed by atoms with E-state index in [-0.39, 0.29) is 5.41 Å². The Hall–Kier alpha value is -1.98. The Morgan fingerprint density at radius 1 is 0.667 bits per heavy atom. The summed E-state index contributed by atoms with van der Waals surface area (Å²) in [6.45, 7) is 6.44. The molecule has 0 aromatic heterocycles. The third-order valence-corrected chi connectivity index (χ3v) is 9.28. The van der Waals surface area contributed by atoms with E-state index in [0.29, 0.717) is 5.75 Å². The zero-order valence-corrected chi connectivity index (χ0v) is 16.3. The van der Waals surface area contributed by atoms with Gasteiger partial charge in [-0.3, -0.25) is 0 Å². The van der Waals surface area contributed by atoms with Crippen LogP contribution in [0.4, 0.5) is 0 Å². The SMILES string of the molecule is CC(C)(C)c1cccc([As](c2ccccc2)c2ccccc2)c1O. The van der Waals surface area contributed by atoms with Gasteiger partial charge in [-0.15, -0.1) is 0 Å². The van der Waals surface area contributed by atoms with E-state index >= 15 is 0 Å². The average Bonchev–Trinajstić information content (AvgIpc) is 2.58. The van der Waals surface area contributed by atoms with Gasteiger partial charge in [0.05, 0.1) is 0 Å². The van der Waals surface area contributed by atoms with Crippen molar-refractivity contribution in [1.29, 1.82) is 0 Å². The van der Waals surface area contributed by atoms with E-state index in [1.54, 1.807) is 0 Å². The third-order valence-electron chi connectivity index (χ3n) is 4.09. The van der Waals surface area contributed by atoms with E-state index in [4.69, 9.17) is 0 Å². The van der Waals surface area contributed by atoms with Crippen LogP contribution in [0.3, 0.4) is 0 Å². The molecule has 0 aliphatic carbocycles. The van der Waals surface area contributed by atoms with Crippen LogP contribution < -0.4 is 13.1 Å². The molecule has 0 heterocycles. The standard InChI is InChI=1S/C22H23AsO/c1-22(2,3)19-15-10-16-20(21(19)24)23(17-11-6-4-7-12-17)18-13-8-5-9-14-18/h4-16,24H,1-3H3. The molecular weight excluding hydrogens is 355 g/mol. The Balaban J connectivity index is 2.21. The van der Waals surface area contributed by atoms with Gasteiger partial charge in [0.1, 0.15) is 0 Å². The summed E-state index contributed by atoms with van der Waals surface area (Å²) in [5.41, 5.74) is 0.944. The summed E-state index contributed by atoms with van der Waals surface area (Å²) in [7, 11) is 0. The number of benzene rings is 3. The molecule has 24 heavy (non-hydrogen) atoms. The second-order valence-corrected chi connectivity index (χ2v) is 11.5. The van der Waals surface area contributed by atoms with Crippen molar-refractivity contribution in [2.24, 2.45) is 0 Å². The number of hydrogen-bond donors (Lipinski definition) is 1. The molecule has 0 radical (unpaired) electrons. The van der Waals surface area contributed by atoms with Gasteiger partial charge in [-0.05, 0) is 0 Å². The summed E-state index contributed by atoms with van der Waals surface area (Å²) in [5, 5.41) is 11.1. The van der Waals surface area contributed by atoms with Crippen LogP contribution in [0.25, 0.3) is 0 Å². The topological polar surface area (TPSA) is 20.2 Å². The molecule has 0 saturated carbocycles. The molecule has 0 amide bonds. The van der Waals surface area contributed by atoms with Crippen molar-refractivity contribution >= 4 is 27.7 Å². The Morgan fingerprint density at radius 2 is 1.17 bits per heavy atom. The van der Waals surface area contributed by atoms with Gasteiger partial charge in [-0.25, -0.2) is 0 Å². The Labute approximate surface area is 149 Å². The molecule has 0 saturated heterocycles. The molecule has 3 aromatic carbocycles. The number of hydrogen-bond acceptors (Lipinski definition) is 1. The third kappa shape index (κ3) is 3.42. The molecule has 0 atom stereocenters. The van der Waals surface area contributed by atoms with Gasteiger partial charge in [0.15, 0.2) is 0 Å². The minimum atomic E-state index is -1.78. The fourth-order valence-corrected chi connectivity index (χ4v) is 7.85. The van der Waals surface area contributed by atoms with Gasteiger partial charge in [0.25, 0.3) is 0 Å². The zero-order valence-electron chi connectivity index (χ0n) is 14.4. The van der Waals surface area contributed by atoms with Crippen molar-refractivity contribution in [1.82, 2.24) is 0 Å². The first-order chi connectivity index (χ1) is 11.5. The maximum atomic E-state index is 11.1. The van der Waals surface area contributed by atoms with Crippen LogP contribution in [-0.2, 0) is 5.41 Å². The fraction of sp³-hybridized carbons (Fsp3) is 0.182. The summed E-state index contributed by atoms with van der Waals surface area (Å²) in [6, 6.07) is 27.4. The second kappa shape index (κ2) is 6.87. The van der Waals surface area contributed by atoms with Crippen LogP contribution in [0, 0.1) is 0 Å². The molecule has 0 spiro atoms. The maximum absolute atomic E-state index is 11.1. The number of rotatable bonds is 3. The molecule has 3 rings (SSSR count). The first kappa shape index (κ1) is 16.9. The molecule has 1 N–H and O–H groups in total. The minimum absolute atomic E-state index is 0.0759. The number of phenols is 1. The first-order valence-electron chi connectivity index (χ1n) is 8.21. The number of aromatic hydroxyl groups is 1. The normalized spacial score (nSPS) is 11.7. The molecule has 0 fully saturated rings. The van der Waals surface area contributed by atoms with Crippen LogP contribution in [0.1, 0.15) is 26.3 Å². The Kier molecular flexibility index (Phi) is 4.83. The molecular formula is C22H23AsO. The molecule has 0 aliphatic rings. The van der Waals surface area contributed by atoms with Crippen LogP contribution >= 0.6 is 0 Å². The molecule has 0 unspecified atom stereocenters. The first-order valence-corrected chi connectivity index (χ1v) is 11.0. The van der Waals surface area contributed by atoms with Gasteiger partial charge in [-0.2, -0.15) is 0 Å². The van der Waals surface area contributed by atoms with Crippen LogP contribution in [0.15, 0.2) is 78.9 Å². The van der Waals surface area contributed by atoms with Gasteiger partial charge >= 0.3 is 149 Å². The summed E-state index contributed by atoms with van der Waals surface area (Å²) >= 11 is -1.78. The van der Waals surface area contributed by atoms with E-state index in [2.05, 4.69) is 81.4 Å². The predicted octanol–water partition coefficient (Wildman–Crippen LogP) is 3.21. The molecule has 0 bridgehead atoms. The second-order valence-electron chi connectivity index (χ2n) is 6.93. The van der Waals surface area contributed by atoms with E-state index in [1.165, 1.54) is 8.70 Å². The predicted molar refractivity (Wildman–Crippen MR) is 104 cm³/mol. The number of phenolic OH excluding ortho intramolecular Hbond substituents is 1. The summed E-state index contributed by atoms with van der Waals surface area (Å²) in [6.07, 6.45) is 0. The van der Waals surface area contributed by atoms with E-state index in [1.807, 2.05) is 18.2 Å². The van der Waals surface area contributed by atoms with Gasteiger partial charge < -0.3 is 0 Å². The van der Waals surface area contributed by atoms with Crippen molar-refractivity contribution in [3.8, 4) is 5.75 Å². The summed E-state index contributed by atoms with van der Waals surface area (Å²) in [4.78, 5) is 0. The summed E-state index contributed by atoms with van der Waals surface area (Å²) < 4.78 is 3.77. The van der Waals surface area contributed by atoms with Crippen molar-refractivity contribution in [3.05, 3.63) is 84.4 Å². The van der Waals surface area contributed by atoms with Gasteiger partial charge in [-0.1, -0.05) is 0 Å². The van der Waals surface area contributed by atoms with Gasteiger partial charge in [0, 0.05) is 0 Å². The van der Waals surface area contributed by atoms with Crippen LogP contribution in [0.5, 0.6) is 5.75 Å². The molecule has 3 aromatic rings. The Bertz CT molecular complexity index is 765. The van der Waals surface area contributed by atoms with E-state index in [9.17, 15) is 5.11 Å². The Morgan fingerprint density at radius 3 is 1.62 bits per heavy atom. The van der Waals surface area contributed by atoms with Gasteiger partial charge in [0.2, 0.25) is 0 Å². The quantitative estimate of drug-likeness (QED) is 0.694. The molecule has 1 nitrogen and oxygen atoms in total. The average molecular weight is 378 g/mol. The molecule has 122 valence electrons. The molecule has 2 heteroatoms. The van der Waals surface area contributed by atoms with Crippen molar-refractivity contribution in [2.45, 2.75) is 26.2 Å². The monoisotopic (exact) mass is 378 g/mol. The molecule has 0 aliphatic heterocycles. The van der Waals surface area contributed by atoms with Crippen molar-refractivity contribution in [3.63, 3.8) is 0 Å². The van der Waals surface area contributed by atoms with Crippen molar-refractivity contribution < 1.29 is 5.11 Å². The fourth-order valence-electron chi connectivity index (χ4n) is 2.90. The van der Waals surface area contributed by atoms with Crippen molar-refractivity contribution in [2.75, 3.05) is 0 Å². The van der Waals surface area contributed by atoms with E-state index in [0.717, 1.165) is 9.91 Å². The van der Waals surface area contributed by atoms with E-state index < -0.39 is 14.7 Å². The number of para-hydroxylation sites is 1. The summed E-state index contributed by atoms with van der Waals surface area (Å²) in [5.74, 6) is 0.470. The van der Waals surface area contributed by atoms with Crippen LogP contribution in [0.2, 0.25) is 0 Å².